The topological polar surface area (TPSA) is 78.4 Å². The lowest BCUT2D eigenvalue weighted by Crippen LogP contribution is -2.42. The van der Waals surface area contributed by atoms with Crippen LogP contribution >= 0.6 is 0 Å². The van der Waals surface area contributed by atoms with Crippen molar-refractivity contribution in [3.63, 3.8) is 0 Å². The first kappa shape index (κ1) is 13.9. The Labute approximate surface area is 90.2 Å². The van der Waals surface area contributed by atoms with Crippen LogP contribution in [0, 0.1) is 0 Å². The zero-order valence-corrected chi connectivity index (χ0v) is 9.70. The van der Waals surface area contributed by atoms with E-state index in [2.05, 4.69) is 10.6 Å². The minimum atomic E-state index is -1.27. The summed E-state index contributed by atoms with van der Waals surface area (Å²) in [6.45, 7) is 7.22. The van der Waals surface area contributed by atoms with Crippen LogP contribution in [0.1, 0.15) is 34.1 Å². The van der Waals surface area contributed by atoms with Crippen LogP contribution in [0.25, 0.3) is 0 Å². The summed E-state index contributed by atoms with van der Waals surface area (Å²) in [5, 5.41) is 14.5. The Morgan fingerprint density at radius 1 is 1.07 bits per heavy atom. The van der Waals surface area contributed by atoms with Crippen molar-refractivity contribution >= 4 is 11.8 Å². The van der Waals surface area contributed by atoms with Gasteiger partial charge >= 0.3 is 0 Å². The Hall–Kier alpha value is -1.10. The monoisotopic (exact) mass is 216 g/mol. The first-order chi connectivity index (χ1) is 6.82. The van der Waals surface area contributed by atoms with E-state index < -0.39 is 12.0 Å². The van der Waals surface area contributed by atoms with Crippen LogP contribution in [0.5, 0.6) is 0 Å². The summed E-state index contributed by atoms with van der Waals surface area (Å²) in [5.41, 5.74) is 0. The Morgan fingerprint density at radius 3 is 1.93 bits per heavy atom. The summed E-state index contributed by atoms with van der Waals surface area (Å²) in [5.74, 6) is -0.833. The third-order valence-electron chi connectivity index (χ3n) is 1.56. The fourth-order valence-electron chi connectivity index (χ4n) is 1.03. The number of amides is 2. The molecular weight excluding hydrogens is 196 g/mol. The lowest BCUT2D eigenvalue weighted by Gasteiger charge is -2.14. The van der Waals surface area contributed by atoms with Crippen molar-refractivity contribution in [2.24, 2.45) is 0 Å². The van der Waals surface area contributed by atoms with Gasteiger partial charge in [-0.05, 0) is 27.7 Å². The van der Waals surface area contributed by atoms with Gasteiger partial charge in [0.05, 0.1) is 6.42 Å². The Balaban J connectivity index is 3.96. The van der Waals surface area contributed by atoms with Crippen molar-refractivity contribution in [1.82, 2.24) is 10.6 Å². The molecule has 2 amide bonds. The highest BCUT2D eigenvalue weighted by atomic mass is 16.3. The number of nitrogens with one attached hydrogen (secondary N) is 2. The molecular formula is C10H20N2O3. The molecule has 1 atom stereocenters. The van der Waals surface area contributed by atoms with Crippen molar-refractivity contribution in [2.45, 2.75) is 52.3 Å². The van der Waals surface area contributed by atoms with Crippen molar-refractivity contribution in [2.75, 3.05) is 0 Å². The van der Waals surface area contributed by atoms with E-state index >= 15 is 0 Å². The Morgan fingerprint density at radius 2 is 1.53 bits per heavy atom. The minimum Gasteiger partial charge on any atom is -0.383 e. The van der Waals surface area contributed by atoms with Gasteiger partial charge in [-0.15, -0.1) is 0 Å². The highest BCUT2D eigenvalue weighted by Crippen LogP contribution is 1.94. The molecule has 88 valence electrons. The fourth-order valence-corrected chi connectivity index (χ4v) is 1.03. The van der Waals surface area contributed by atoms with E-state index in [-0.39, 0.29) is 24.4 Å². The van der Waals surface area contributed by atoms with Crippen LogP contribution in [0.3, 0.4) is 0 Å². The van der Waals surface area contributed by atoms with Gasteiger partial charge < -0.3 is 15.7 Å². The zero-order valence-electron chi connectivity index (χ0n) is 9.70. The molecule has 0 aromatic heterocycles. The molecule has 15 heavy (non-hydrogen) atoms. The molecule has 0 heterocycles. The average Bonchev–Trinajstić information content (AvgIpc) is 2.00. The van der Waals surface area contributed by atoms with Crippen LogP contribution in [0.4, 0.5) is 0 Å². The SMILES string of the molecule is CC(C)NC(=O)C[C@H](O)C(=O)NC(C)C. The quantitative estimate of drug-likeness (QED) is 0.595. The minimum absolute atomic E-state index is 0.0119. The zero-order chi connectivity index (χ0) is 12.0. The molecule has 0 saturated carbocycles. The van der Waals surface area contributed by atoms with Gasteiger partial charge in [0.1, 0.15) is 6.10 Å². The highest BCUT2D eigenvalue weighted by molar-refractivity contribution is 5.87. The second-order valence-electron chi connectivity index (χ2n) is 4.11. The van der Waals surface area contributed by atoms with E-state index in [1.54, 1.807) is 13.8 Å². The van der Waals surface area contributed by atoms with Gasteiger partial charge in [0, 0.05) is 12.1 Å². The van der Waals surface area contributed by atoms with Gasteiger partial charge in [0.25, 0.3) is 0 Å². The molecule has 0 fully saturated rings. The number of carbonyl (C=O) groups excluding carboxylic acids is 2. The molecule has 0 rings (SSSR count). The molecule has 5 heteroatoms. The number of aliphatic hydroxyl groups excluding tert-OH is 1. The second-order valence-corrected chi connectivity index (χ2v) is 4.11. The predicted octanol–water partition coefficient (Wildman–Crippen LogP) is -0.213. The maximum Gasteiger partial charge on any atom is 0.249 e. The maximum atomic E-state index is 11.2. The van der Waals surface area contributed by atoms with Gasteiger partial charge in [-0.1, -0.05) is 0 Å². The second kappa shape index (κ2) is 6.40. The van der Waals surface area contributed by atoms with Gasteiger partial charge in [-0.3, -0.25) is 9.59 Å². The summed E-state index contributed by atoms with van der Waals surface area (Å²) in [7, 11) is 0. The Kier molecular flexibility index (Phi) is 5.93. The third kappa shape index (κ3) is 6.90. The number of rotatable bonds is 5. The number of carbonyl (C=O) groups is 2. The molecule has 3 N–H and O–H groups in total. The van der Waals surface area contributed by atoms with Gasteiger partial charge in [0.15, 0.2) is 0 Å². The maximum absolute atomic E-state index is 11.2. The molecule has 0 saturated heterocycles. The normalized spacial score (nSPS) is 12.7. The van der Waals surface area contributed by atoms with Crippen LogP contribution in [-0.2, 0) is 9.59 Å². The first-order valence-corrected chi connectivity index (χ1v) is 5.10. The predicted molar refractivity (Wildman–Crippen MR) is 57.2 cm³/mol. The average molecular weight is 216 g/mol. The molecule has 0 aromatic carbocycles. The number of hydrogen-bond donors (Lipinski definition) is 3. The van der Waals surface area contributed by atoms with E-state index in [9.17, 15) is 14.7 Å². The lowest BCUT2D eigenvalue weighted by atomic mass is 10.2. The van der Waals surface area contributed by atoms with Crippen LogP contribution in [0.15, 0.2) is 0 Å². The van der Waals surface area contributed by atoms with Crippen molar-refractivity contribution in [1.29, 1.82) is 0 Å². The van der Waals surface area contributed by atoms with Gasteiger partial charge in [0.2, 0.25) is 11.8 Å². The van der Waals surface area contributed by atoms with E-state index in [4.69, 9.17) is 0 Å². The van der Waals surface area contributed by atoms with Crippen LogP contribution in [0.2, 0.25) is 0 Å². The Bertz CT molecular complexity index is 227. The summed E-state index contributed by atoms with van der Waals surface area (Å²) in [4.78, 5) is 22.4. The molecule has 0 unspecified atom stereocenters. The number of aliphatic hydroxyl groups is 1. The molecule has 0 bridgehead atoms. The van der Waals surface area contributed by atoms with Crippen molar-refractivity contribution in [3.8, 4) is 0 Å². The third-order valence-corrected chi connectivity index (χ3v) is 1.56. The van der Waals surface area contributed by atoms with Gasteiger partial charge in [-0.2, -0.15) is 0 Å². The molecule has 0 spiro atoms. The summed E-state index contributed by atoms with van der Waals surface area (Å²) in [6, 6.07) is -0.0295. The highest BCUT2D eigenvalue weighted by Gasteiger charge is 2.19. The lowest BCUT2D eigenvalue weighted by molar-refractivity contribution is -0.135. The standard InChI is InChI=1S/C10H20N2O3/c1-6(2)11-9(14)5-8(13)10(15)12-7(3)4/h6-8,13H,5H2,1-4H3,(H,11,14)(H,12,15)/t8-/m0/s1. The molecule has 0 aliphatic heterocycles. The van der Waals surface area contributed by atoms with Crippen LogP contribution < -0.4 is 10.6 Å². The molecule has 0 aromatic rings. The largest absolute Gasteiger partial charge is 0.383 e. The van der Waals surface area contributed by atoms with Crippen molar-refractivity contribution in [3.05, 3.63) is 0 Å². The summed E-state index contributed by atoms with van der Waals surface area (Å²) in [6.07, 6.45) is -1.47. The fraction of sp³-hybridized carbons (Fsp3) is 0.800. The first-order valence-electron chi connectivity index (χ1n) is 5.10. The van der Waals surface area contributed by atoms with E-state index in [0.29, 0.717) is 0 Å². The smallest absolute Gasteiger partial charge is 0.249 e. The summed E-state index contributed by atoms with van der Waals surface area (Å²) < 4.78 is 0. The van der Waals surface area contributed by atoms with Crippen LogP contribution in [-0.4, -0.2) is 35.1 Å². The van der Waals surface area contributed by atoms with E-state index in [0.717, 1.165) is 0 Å². The van der Waals surface area contributed by atoms with Crippen molar-refractivity contribution < 1.29 is 14.7 Å². The van der Waals surface area contributed by atoms with E-state index in [1.165, 1.54) is 0 Å². The molecule has 0 radical (unpaired) electrons. The van der Waals surface area contributed by atoms with Gasteiger partial charge in [-0.25, -0.2) is 0 Å². The molecule has 0 aliphatic rings. The number of hydrogen-bond acceptors (Lipinski definition) is 3. The molecule has 5 nitrogen and oxygen atoms in total. The molecule has 0 aliphatic carbocycles. The van der Waals surface area contributed by atoms with E-state index in [1.807, 2.05) is 13.8 Å². The summed E-state index contributed by atoms with van der Waals surface area (Å²) >= 11 is 0.